The van der Waals surface area contributed by atoms with E-state index in [1.54, 1.807) is 26.0 Å². The van der Waals surface area contributed by atoms with Crippen molar-refractivity contribution in [1.82, 2.24) is 0 Å². The molecule has 0 unspecified atom stereocenters. The third kappa shape index (κ3) is 3.16. The summed E-state index contributed by atoms with van der Waals surface area (Å²) in [4.78, 5) is 11.9. The van der Waals surface area contributed by atoms with E-state index < -0.39 is 15.1 Å². The van der Waals surface area contributed by atoms with Gasteiger partial charge in [-0.25, -0.2) is 8.42 Å². The van der Waals surface area contributed by atoms with Gasteiger partial charge in [0.25, 0.3) is 0 Å². The molecule has 94 valence electrons. The lowest BCUT2D eigenvalue weighted by atomic mass is 10.1. The summed E-state index contributed by atoms with van der Waals surface area (Å²) in [5.41, 5.74) is 0.578. The molecule has 1 aromatic rings. The van der Waals surface area contributed by atoms with Gasteiger partial charge in [-0.1, -0.05) is 19.1 Å². The smallest absolute Gasteiger partial charge is 0.180 e. The summed E-state index contributed by atoms with van der Waals surface area (Å²) in [6.45, 7) is 5.23. The average Bonchev–Trinajstić information content (AvgIpc) is 2.29. The fourth-order valence-corrected chi connectivity index (χ4v) is 2.53. The third-order valence-electron chi connectivity index (χ3n) is 2.60. The summed E-state index contributed by atoms with van der Waals surface area (Å²) >= 11 is 0. The molecule has 0 N–H and O–H groups in total. The molecule has 3 nitrogen and oxygen atoms in total. The zero-order valence-corrected chi connectivity index (χ0v) is 11.3. The number of carbonyl (C=O) groups is 1. The minimum Gasteiger partial charge on any atom is -0.294 e. The Balaban J connectivity index is 3.01. The number of rotatable bonds is 5. The van der Waals surface area contributed by atoms with Crippen LogP contribution >= 0.6 is 0 Å². The molecule has 0 aromatic heterocycles. The quantitative estimate of drug-likeness (QED) is 0.759. The van der Waals surface area contributed by atoms with Crippen molar-refractivity contribution in [1.29, 1.82) is 0 Å². The second-order valence-corrected chi connectivity index (χ2v) is 6.80. The Morgan fingerprint density at radius 3 is 2.12 bits per heavy atom. The largest absolute Gasteiger partial charge is 0.294 e. The van der Waals surface area contributed by atoms with Crippen molar-refractivity contribution in [2.75, 3.05) is 0 Å². The highest BCUT2D eigenvalue weighted by molar-refractivity contribution is 7.92. The third-order valence-corrected chi connectivity index (χ3v) is 4.77. The average molecular weight is 254 g/mol. The van der Waals surface area contributed by atoms with Gasteiger partial charge in [-0.3, -0.25) is 4.79 Å². The number of benzene rings is 1. The van der Waals surface area contributed by atoms with Crippen LogP contribution in [0.5, 0.6) is 0 Å². The number of sulfone groups is 1. The monoisotopic (exact) mass is 254 g/mol. The van der Waals surface area contributed by atoms with E-state index in [-0.39, 0.29) is 10.7 Å². The van der Waals surface area contributed by atoms with Gasteiger partial charge in [0.15, 0.2) is 15.6 Å². The van der Waals surface area contributed by atoms with E-state index in [1.165, 1.54) is 12.1 Å². The van der Waals surface area contributed by atoms with Gasteiger partial charge in [0.2, 0.25) is 0 Å². The van der Waals surface area contributed by atoms with Crippen LogP contribution in [-0.4, -0.2) is 19.5 Å². The van der Waals surface area contributed by atoms with Gasteiger partial charge in [0, 0.05) is 12.0 Å². The lowest BCUT2D eigenvalue weighted by Gasteiger charge is -2.08. The van der Waals surface area contributed by atoms with Crippen molar-refractivity contribution in [2.45, 2.75) is 43.8 Å². The van der Waals surface area contributed by atoms with Gasteiger partial charge in [-0.2, -0.15) is 0 Å². The molecule has 0 spiro atoms. The predicted molar refractivity (Wildman–Crippen MR) is 68.0 cm³/mol. The molecule has 0 amide bonds. The van der Waals surface area contributed by atoms with Crippen LogP contribution in [0.4, 0.5) is 0 Å². The molecule has 0 heterocycles. The molecular weight excluding hydrogens is 236 g/mol. The van der Waals surface area contributed by atoms with Gasteiger partial charge in [0.05, 0.1) is 10.1 Å². The minimum absolute atomic E-state index is 0.0565. The SMILES string of the molecule is CCCC(=O)c1ccc(S(=O)(=O)C(C)C)cc1. The molecule has 0 atom stereocenters. The molecule has 0 bridgehead atoms. The van der Waals surface area contributed by atoms with E-state index in [0.29, 0.717) is 12.0 Å². The highest BCUT2D eigenvalue weighted by Gasteiger charge is 2.19. The number of ketones is 1. The van der Waals surface area contributed by atoms with Crippen molar-refractivity contribution in [3.8, 4) is 0 Å². The zero-order valence-electron chi connectivity index (χ0n) is 10.4. The Morgan fingerprint density at radius 2 is 1.71 bits per heavy atom. The molecular formula is C13H18O3S. The lowest BCUT2D eigenvalue weighted by Crippen LogP contribution is -2.14. The first-order chi connectivity index (χ1) is 7.89. The summed E-state index contributed by atoms with van der Waals surface area (Å²) in [6, 6.07) is 6.21. The van der Waals surface area contributed by atoms with Crippen LogP contribution in [-0.2, 0) is 9.84 Å². The van der Waals surface area contributed by atoms with E-state index in [4.69, 9.17) is 0 Å². The van der Waals surface area contributed by atoms with Gasteiger partial charge >= 0.3 is 0 Å². The normalized spacial score (nSPS) is 11.8. The van der Waals surface area contributed by atoms with Crippen molar-refractivity contribution in [3.63, 3.8) is 0 Å². The Bertz CT molecular complexity index is 484. The topological polar surface area (TPSA) is 51.2 Å². The van der Waals surface area contributed by atoms with Crippen molar-refractivity contribution in [3.05, 3.63) is 29.8 Å². The van der Waals surface area contributed by atoms with Gasteiger partial charge in [-0.05, 0) is 32.4 Å². The van der Waals surface area contributed by atoms with E-state index in [9.17, 15) is 13.2 Å². The van der Waals surface area contributed by atoms with Crippen LogP contribution in [0.25, 0.3) is 0 Å². The molecule has 4 heteroatoms. The molecule has 0 aliphatic carbocycles. The molecule has 0 saturated carbocycles. The molecule has 17 heavy (non-hydrogen) atoms. The van der Waals surface area contributed by atoms with Crippen LogP contribution in [0.3, 0.4) is 0 Å². The summed E-state index contributed by atoms with van der Waals surface area (Å²) in [5, 5.41) is -0.445. The van der Waals surface area contributed by atoms with Gasteiger partial charge in [0.1, 0.15) is 0 Å². The van der Waals surface area contributed by atoms with Crippen LogP contribution in [0.1, 0.15) is 44.0 Å². The van der Waals surface area contributed by atoms with E-state index in [0.717, 1.165) is 6.42 Å². The van der Waals surface area contributed by atoms with Crippen molar-refractivity contribution >= 4 is 15.6 Å². The summed E-state index contributed by atoms with van der Waals surface area (Å²) in [7, 11) is -3.24. The highest BCUT2D eigenvalue weighted by atomic mass is 32.2. The summed E-state index contributed by atoms with van der Waals surface area (Å²) in [6.07, 6.45) is 1.29. The van der Waals surface area contributed by atoms with Gasteiger partial charge < -0.3 is 0 Å². The number of hydrogen-bond donors (Lipinski definition) is 0. The fraction of sp³-hybridized carbons (Fsp3) is 0.462. The number of Topliss-reactive ketones (excluding diaryl/α,β-unsaturated/α-hetero) is 1. The first-order valence-corrected chi connectivity index (χ1v) is 7.31. The first-order valence-electron chi connectivity index (χ1n) is 5.76. The maximum atomic E-state index is 11.9. The predicted octanol–water partition coefficient (Wildman–Crippen LogP) is 2.85. The second-order valence-electron chi connectivity index (χ2n) is 4.29. The maximum absolute atomic E-state index is 11.9. The maximum Gasteiger partial charge on any atom is 0.180 e. The van der Waals surface area contributed by atoms with Crippen molar-refractivity contribution < 1.29 is 13.2 Å². The standard InChI is InChI=1S/C13H18O3S/c1-4-5-13(14)11-6-8-12(9-7-11)17(15,16)10(2)3/h6-10H,4-5H2,1-3H3. The molecule has 1 aromatic carbocycles. The summed E-state index contributed by atoms with van der Waals surface area (Å²) < 4.78 is 23.7. The van der Waals surface area contributed by atoms with E-state index >= 15 is 0 Å². The molecule has 0 fully saturated rings. The fourth-order valence-electron chi connectivity index (χ4n) is 1.47. The second kappa shape index (κ2) is 5.45. The van der Waals surface area contributed by atoms with Crippen LogP contribution < -0.4 is 0 Å². The Kier molecular flexibility index (Phi) is 4.46. The van der Waals surface area contributed by atoms with Crippen LogP contribution in [0.2, 0.25) is 0 Å². The zero-order chi connectivity index (χ0) is 13.1. The van der Waals surface area contributed by atoms with Crippen molar-refractivity contribution in [2.24, 2.45) is 0 Å². The van der Waals surface area contributed by atoms with Gasteiger partial charge in [-0.15, -0.1) is 0 Å². The Morgan fingerprint density at radius 1 is 1.18 bits per heavy atom. The highest BCUT2D eigenvalue weighted by Crippen LogP contribution is 2.17. The molecule has 0 radical (unpaired) electrons. The number of hydrogen-bond acceptors (Lipinski definition) is 3. The Labute approximate surface area is 103 Å². The van der Waals surface area contributed by atoms with Crippen LogP contribution in [0.15, 0.2) is 29.2 Å². The number of carbonyl (C=O) groups excluding carboxylic acids is 1. The minimum atomic E-state index is -3.24. The molecule has 0 aliphatic heterocycles. The molecule has 0 saturated heterocycles. The van der Waals surface area contributed by atoms with E-state index in [2.05, 4.69) is 0 Å². The van der Waals surface area contributed by atoms with E-state index in [1.807, 2.05) is 6.92 Å². The summed E-state index contributed by atoms with van der Waals surface area (Å²) in [5.74, 6) is 0.0565. The lowest BCUT2D eigenvalue weighted by molar-refractivity contribution is 0.0981. The van der Waals surface area contributed by atoms with Crippen LogP contribution in [0, 0.1) is 0 Å². The molecule has 1 rings (SSSR count). The molecule has 0 aliphatic rings. The Hall–Kier alpha value is -1.16. The first kappa shape index (κ1) is 13.9.